The number of hydrogen-bond acceptors (Lipinski definition) is 5. The molecule has 0 spiro atoms. The topological polar surface area (TPSA) is 92.8 Å². The summed E-state index contributed by atoms with van der Waals surface area (Å²) in [6, 6.07) is 8.28. The van der Waals surface area contributed by atoms with Crippen LogP contribution in [0.15, 0.2) is 36.5 Å². The number of anilines is 1. The molecule has 0 unspecified atom stereocenters. The van der Waals surface area contributed by atoms with E-state index in [1.54, 1.807) is 44.4 Å². The van der Waals surface area contributed by atoms with Crippen LogP contribution in [0, 0.1) is 0 Å². The maximum absolute atomic E-state index is 12.5. The number of nitrogens with one attached hydrogen (secondary N) is 2. The Hall–Kier alpha value is -3.29. The van der Waals surface area contributed by atoms with E-state index in [1.165, 1.54) is 11.1 Å². The highest BCUT2D eigenvalue weighted by atomic mass is 16.6. The molecule has 0 aliphatic carbocycles. The van der Waals surface area contributed by atoms with Crippen LogP contribution in [0.4, 0.5) is 10.5 Å². The third-order valence-corrected chi connectivity index (χ3v) is 3.71. The van der Waals surface area contributed by atoms with Crippen molar-refractivity contribution >= 4 is 17.6 Å². The van der Waals surface area contributed by atoms with Crippen LogP contribution in [0.5, 0.6) is 11.5 Å². The number of carbonyl (C=O) groups excluding carboxylic acids is 2. The highest BCUT2D eigenvalue weighted by Gasteiger charge is 2.14. The van der Waals surface area contributed by atoms with Crippen LogP contribution < -0.4 is 20.1 Å². The number of ether oxygens (including phenoxy) is 2. The molecule has 0 saturated heterocycles. The van der Waals surface area contributed by atoms with Crippen LogP contribution >= 0.6 is 0 Å². The first kappa shape index (κ1) is 17.5. The Kier molecular flexibility index (Phi) is 5.21. The van der Waals surface area contributed by atoms with Crippen molar-refractivity contribution in [3.05, 3.63) is 47.8 Å². The maximum Gasteiger partial charge on any atom is 0.317 e. The number of amides is 3. The number of fused-ring (bicyclic) bond motifs is 1. The van der Waals surface area contributed by atoms with Gasteiger partial charge in [0.1, 0.15) is 13.2 Å². The number of benzene rings is 1. The zero-order valence-corrected chi connectivity index (χ0v) is 14.6. The van der Waals surface area contributed by atoms with E-state index in [0.717, 1.165) is 0 Å². The molecular weight excluding hydrogens is 336 g/mol. The molecule has 1 aliphatic heterocycles. The first-order valence-corrected chi connectivity index (χ1v) is 8.14. The van der Waals surface area contributed by atoms with Gasteiger partial charge in [-0.25, -0.2) is 4.79 Å². The summed E-state index contributed by atoms with van der Waals surface area (Å²) < 4.78 is 11.0. The van der Waals surface area contributed by atoms with Gasteiger partial charge < -0.3 is 25.0 Å². The molecule has 0 radical (unpaired) electrons. The monoisotopic (exact) mass is 356 g/mol. The lowest BCUT2D eigenvalue weighted by Crippen LogP contribution is -2.34. The van der Waals surface area contributed by atoms with E-state index in [1.807, 2.05) is 0 Å². The lowest BCUT2D eigenvalue weighted by molar-refractivity contribution is 0.102. The van der Waals surface area contributed by atoms with Crippen molar-refractivity contribution in [2.45, 2.75) is 6.54 Å². The van der Waals surface area contributed by atoms with Gasteiger partial charge in [0.05, 0.1) is 12.2 Å². The van der Waals surface area contributed by atoms with E-state index in [9.17, 15) is 9.59 Å². The van der Waals surface area contributed by atoms with Crippen molar-refractivity contribution in [1.82, 2.24) is 15.2 Å². The van der Waals surface area contributed by atoms with Gasteiger partial charge in [0.15, 0.2) is 11.5 Å². The van der Waals surface area contributed by atoms with Gasteiger partial charge >= 0.3 is 6.03 Å². The Bertz CT molecular complexity index is 823. The molecule has 3 amide bonds. The summed E-state index contributed by atoms with van der Waals surface area (Å²) in [5, 5.41) is 5.53. The first-order chi connectivity index (χ1) is 12.5. The minimum Gasteiger partial charge on any atom is -0.486 e. The van der Waals surface area contributed by atoms with Crippen molar-refractivity contribution < 1.29 is 19.1 Å². The average molecular weight is 356 g/mol. The van der Waals surface area contributed by atoms with Gasteiger partial charge in [-0.2, -0.15) is 0 Å². The van der Waals surface area contributed by atoms with Crippen molar-refractivity contribution in [2.24, 2.45) is 0 Å². The van der Waals surface area contributed by atoms with E-state index in [2.05, 4.69) is 15.6 Å². The van der Waals surface area contributed by atoms with E-state index in [4.69, 9.17) is 9.47 Å². The van der Waals surface area contributed by atoms with Crippen molar-refractivity contribution in [3.63, 3.8) is 0 Å². The number of hydrogen-bond donors (Lipinski definition) is 2. The molecule has 2 aromatic rings. The van der Waals surface area contributed by atoms with E-state index in [-0.39, 0.29) is 18.5 Å². The molecule has 0 atom stereocenters. The second-order valence-corrected chi connectivity index (χ2v) is 5.90. The van der Waals surface area contributed by atoms with Crippen LogP contribution in [-0.2, 0) is 6.54 Å². The summed E-state index contributed by atoms with van der Waals surface area (Å²) in [7, 11) is 3.31. The first-order valence-electron chi connectivity index (χ1n) is 8.14. The van der Waals surface area contributed by atoms with Gasteiger partial charge in [-0.05, 0) is 24.3 Å². The maximum atomic E-state index is 12.5. The summed E-state index contributed by atoms with van der Waals surface area (Å²) in [6.07, 6.45) is 1.54. The molecule has 1 aromatic carbocycles. The van der Waals surface area contributed by atoms with Crippen molar-refractivity contribution in [1.29, 1.82) is 0 Å². The highest BCUT2D eigenvalue weighted by molar-refractivity contribution is 6.04. The predicted molar refractivity (Wildman–Crippen MR) is 95.5 cm³/mol. The number of nitrogens with zero attached hydrogens (tertiary/aromatic N) is 2. The van der Waals surface area contributed by atoms with Crippen LogP contribution in [0.1, 0.15) is 16.1 Å². The van der Waals surface area contributed by atoms with Crippen LogP contribution in [0.3, 0.4) is 0 Å². The van der Waals surface area contributed by atoms with Gasteiger partial charge in [0.25, 0.3) is 5.91 Å². The minimum absolute atomic E-state index is 0.224. The molecule has 1 aliphatic rings. The van der Waals surface area contributed by atoms with Crippen LogP contribution in [-0.4, -0.2) is 49.1 Å². The average Bonchev–Trinajstić information content (AvgIpc) is 2.66. The summed E-state index contributed by atoms with van der Waals surface area (Å²) >= 11 is 0. The number of aromatic nitrogens is 1. The zero-order valence-electron chi connectivity index (χ0n) is 14.6. The molecule has 0 fully saturated rings. The Morgan fingerprint density at radius 2 is 1.88 bits per heavy atom. The summed E-state index contributed by atoms with van der Waals surface area (Å²) in [4.78, 5) is 29.7. The fourth-order valence-electron chi connectivity index (χ4n) is 2.36. The normalized spacial score (nSPS) is 12.2. The zero-order chi connectivity index (χ0) is 18.5. The molecular formula is C18H20N4O4. The van der Waals surface area contributed by atoms with Gasteiger partial charge in [0.2, 0.25) is 0 Å². The second kappa shape index (κ2) is 7.73. The quantitative estimate of drug-likeness (QED) is 0.872. The molecule has 3 rings (SSSR count). The predicted octanol–water partition coefficient (Wildman–Crippen LogP) is 1.88. The summed E-state index contributed by atoms with van der Waals surface area (Å²) in [5.74, 6) is 0.997. The molecule has 26 heavy (non-hydrogen) atoms. The highest BCUT2D eigenvalue weighted by Crippen LogP contribution is 2.32. The van der Waals surface area contributed by atoms with Crippen molar-refractivity contribution in [3.8, 4) is 11.5 Å². The number of urea groups is 1. The fourth-order valence-corrected chi connectivity index (χ4v) is 2.36. The van der Waals surface area contributed by atoms with Gasteiger partial charge in [-0.3, -0.25) is 9.78 Å². The molecule has 2 heterocycles. The minimum atomic E-state index is -0.274. The molecule has 1 aromatic heterocycles. The summed E-state index contributed by atoms with van der Waals surface area (Å²) in [5.41, 5.74) is 1.65. The molecule has 0 bridgehead atoms. The Labute approximate surface area is 151 Å². The van der Waals surface area contributed by atoms with Crippen molar-refractivity contribution in [2.75, 3.05) is 32.6 Å². The fraction of sp³-hybridized carbons (Fsp3) is 0.278. The van der Waals surface area contributed by atoms with Crippen LogP contribution in [0.2, 0.25) is 0 Å². The molecule has 8 nitrogen and oxygen atoms in total. The number of carbonyl (C=O) groups is 2. The third-order valence-electron chi connectivity index (χ3n) is 3.71. The third kappa shape index (κ3) is 4.21. The van der Waals surface area contributed by atoms with E-state index >= 15 is 0 Å². The molecule has 0 saturated carbocycles. The lowest BCUT2D eigenvalue weighted by atomic mass is 10.2. The van der Waals surface area contributed by atoms with Gasteiger partial charge in [-0.15, -0.1) is 0 Å². The Balaban J connectivity index is 1.66. The summed E-state index contributed by atoms with van der Waals surface area (Å²) in [6.45, 7) is 1.24. The van der Waals surface area contributed by atoms with Crippen LogP contribution in [0.25, 0.3) is 0 Å². The molecule has 2 N–H and O–H groups in total. The SMILES string of the molecule is CN(C)C(=O)NCc1cc(C(=O)Nc2ccc3c(c2)OCCO3)ccn1. The Morgan fingerprint density at radius 3 is 2.65 bits per heavy atom. The number of rotatable bonds is 4. The molecule has 136 valence electrons. The van der Waals surface area contributed by atoms with Gasteiger partial charge in [0, 0.05) is 37.6 Å². The van der Waals surface area contributed by atoms with E-state index < -0.39 is 0 Å². The number of pyridine rings is 1. The lowest BCUT2D eigenvalue weighted by Gasteiger charge is -2.19. The Morgan fingerprint density at radius 1 is 1.12 bits per heavy atom. The molecule has 8 heteroatoms. The largest absolute Gasteiger partial charge is 0.486 e. The smallest absolute Gasteiger partial charge is 0.317 e. The van der Waals surface area contributed by atoms with Gasteiger partial charge in [-0.1, -0.05) is 0 Å². The van der Waals surface area contributed by atoms with E-state index in [0.29, 0.717) is 41.7 Å². The second-order valence-electron chi connectivity index (χ2n) is 5.90. The standard InChI is InChI=1S/C18H20N4O4/c1-22(2)18(24)20-11-14-9-12(5-6-19-14)17(23)21-13-3-4-15-16(10-13)26-8-7-25-15/h3-6,9-10H,7-8,11H2,1-2H3,(H,20,24)(H,21,23).